The third-order valence-corrected chi connectivity index (χ3v) is 5.83. The highest BCUT2D eigenvalue weighted by molar-refractivity contribution is 7.80. The lowest BCUT2D eigenvalue weighted by Crippen LogP contribution is -2.51. The number of benzene rings is 2. The van der Waals surface area contributed by atoms with Gasteiger partial charge >= 0.3 is 0 Å². The second kappa shape index (κ2) is 8.31. The Morgan fingerprint density at radius 3 is 2.47 bits per heavy atom. The fourth-order valence-corrected chi connectivity index (χ4v) is 4.09. The van der Waals surface area contributed by atoms with Gasteiger partial charge in [-0.25, -0.2) is 9.97 Å². The van der Waals surface area contributed by atoms with E-state index in [4.69, 9.17) is 21.7 Å². The van der Waals surface area contributed by atoms with Crippen molar-refractivity contribution in [2.45, 2.75) is 6.54 Å². The van der Waals surface area contributed by atoms with Crippen LogP contribution in [-0.4, -0.2) is 59.4 Å². The number of thiocarbonyl (C=S) groups is 1. The zero-order valence-corrected chi connectivity index (χ0v) is 17.4. The largest absolute Gasteiger partial charge is 0.486 e. The highest BCUT2D eigenvalue weighted by Gasteiger charge is 2.23. The summed E-state index contributed by atoms with van der Waals surface area (Å²) in [5, 5.41) is 5.15. The maximum absolute atomic E-state index is 5.75. The summed E-state index contributed by atoms with van der Waals surface area (Å²) in [6, 6.07) is 14.2. The molecule has 30 heavy (non-hydrogen) atoms. The van der Waals surface area contributed by atoms with Crippen LogP contribution in [0.1, 0.15) is 5.56 Å². The molecule has 0 spiro atoms. The number of hydrogen-bond donors (Lipinski definition) is 1. The summed E-state index contributed by atoms with van der Waals surface area (Å²) in [4.78, 5) is 13.5. The van der Waals surface area contributed by atoms with Gasteiger partial charge in [0.1, 0.15) is 25.4 Å². The summed E-state index contributed by atoms with van der Waals surface area (Å²) in [5.74, 6) is 2.44. The highest BCUT2D eigenvalue weighted by Crippen LogP contribution is 2.36. The molecule has 0 unspecified atom stereocenters. The minimum atomic E-state index is 0.563. The van der Waals surface area contributed by atoms with Crippen molar-refractivity contribution in [3.8, 4) is 11.5 Å². The lowest BCUT2D eigenvalue weighted by Gasteiger charge is -2.37. The molecule has 1 aromatic heterocycles. The summed E-state index contributed by atoms with van der Waals surface area (Å²) in [6.07, 6.45) is 1.62. The number of hydrogen-bond acceptors (Lipinski definition) is 6. The number of nitrogens with zero attached hydrogens (tertiary/aromatic N) is 4. The minimum absolute atomic E-state index is 0.563. The van der Waals surface area contributed by atoms with Gasteiger partial charge in [0.15, 0.2) is 16.6 Å². The molecule has 0 radical (unpaired) electrons. The monoisotopic (exact) mass is 421 g/mol. The van der Waals surface area contributed by atoms with Gasteiger partial charge in [-0.2, -0.15) is 0 Å². The summed E-state index contributed by atoms with van der Waals surface area (Å²) < 4.78 is 11.4. The smallest absolute Gasteiger partial charge is 0.169 e. The molecule has 0 bridgehead atoms. The number of piperazine rings is 1. The number of anilines is 1. The van der Waals surface area contributed by atoms with Gasteiger partial charge in [0, 0.05) is 44.2 Å². The first-order chi connectivity index (χ1) is 14.8. The van der Waals surface area contributed by atoms with Gasteiger partial charge in [-0.3, -0.25) is 0 Å². The maximum atomic E-state index is 5.75. The third-order valence-electron chi connectivity index (χ3n) is 5.43. The number of ether oxygens (including phenoxy) is 2. The molecular formula is C22H23N5O2S. The molecule has 1 N–H and O–H groups in total. The van der Waals surface area contributed by atoms with Crippen molar-refractivity contribution in [2.24, 2.45) is 0 Å². The number of fused-ring (bicyclic) bond motifs is 2. The summed E-state index contributed by atoms with van der Waals surface area (Å²) in [7, 11) is 0. The molecule has 0 aliphatic carbocycles. The lowest BCUT2D eigenvalue weighted by molar-refractivity contribution is 0.172. The van der Waals surface area contributed by atoms with Crippen LogP contribution in [0.15, 0.2) is 48.8 Å². The van der Waals surface area contributed by atoms with Crippen LogP contribution in [0.3, 0.4) is 0 Å². The summed E-state index contributed by atoms with van der Waals surface area (Å²) in [5.41, 5.74) is 2.09. The Kier molecular flexibility index (Phi) is 5.23. The first kappa shape index (κ1) is 18.9. The van der Waals surface area contributed by atoms with E-state index in [9.17, 15) is 0 Å². The van der Waals surface area contributed by atoms with E-state index >= 15 is 0 Å². The first-order valence-electron chi connectivity index (χ1n) is 10.1. The molecule has 2 aliphatic heterocycles. The molecule has 0 saturated carbocycles. The van der Waals surface area contributed by atoms with Crippen LogP contribution in [0.25, 0.3) is 10.9 Å². The molecule has 1 fully saturated rings. The molecule has 0 amide bonds. The molecule has 0 atom stereocenters. The van der Waals surface area contributed by atoms with E-state index in [2.05, 4.69) is 37.2 Å². The van der Waals surface area contributed by atoms with Crippen LogP contribution in [-0.2, 0) is 6.54 Å². The van der Waals surface area contributed by atoms with E-state index in [1.54, 1.807) is 6.33 Å². The van der Waals surface area contributed by atoms with Gasteiger partial charge in [0.05, 0.1) is 5.52 Å². The van der Waals surface area contributed by atoms with Crippen molar-refractivity contribution in [1.82, 2.24) is 20.2 Å². The zero-order chi connectivity index (χ0) is 20.3. The van der Waals surface area contributed by atoms with Crippen molar-refractivity contribution in [3.63, 3.8) is 0 Å². The van der Waals surface area contributed by atoms with E-state index in [0.717, 1.165) is 66.1 Å². The lowest BCUT2D eigenvalue weighted by atomic mass is 10.2. The second-order valence-electron chi connectivity index (χ2n) is 7.33. The Balaban J connectivity index is 1.26. The molecule has 1 saturated heterocycles. The van der Waals surface area contributed by atoms with Crippen molar-refractivity contribution >= 4 is 34.1 Å². The fraction of sp³-hybridized carbons (Fsp3) is 0.318. The van der Waals surface area contributed by atoms with Crippen LogP contribution in [0.5, 0.6) is 11.5 Å². The normalized spacial score (nSPS) is 15.9. The molecule has 5 rings (SSSR count). The van der Waals surface area contributed by atoms with Crippen LogP contribution >= 0.6 is 12.2 Å². The Morgan fingerprint density at radius 2 is 1.70 bits per heavy atom. The number of rotatable bonds is 3. The maximum Gasteiger partial charge on any atom is 0.169 e. The van der Waals surface area contributed by atoms with Crippen molar-refractivity contribution in [1.29, 1.82) is 0 Å². The van der Waals surface area contributed by atoms with E-state index < -0.39 is 0 Å². The standard InChI is InChI=1S/C22H23N5O2S/c30-22(23-14-16-4-2-1-3-5-16)27-8-6-26(7-9-27)21-17-12-19-20(29-11-10-28-19)13-18(17)24-15-25-21/h1-5,12-13,15H,6-11,14H2,(H,23,30). The van der Waals surface area contributed by atoms with Crippen LogP contribution < -0.4 is 19.7 Å². The molecule has 3 aromatic rings. The molecule has 7 nitrogen and oxygen atoms in total. The molecule has 2 aromatic carbocycles. The Hall–Kier alpha value is -3.13. The van der Waals surface area contributed by atoms with Gasteiger partial charge < -0.3 is 24.6 Å². The summed E-state index contributed by atoms with van der Waals surface area (Å²) >= 11 is 5.61. The summed E-state index contributed by atoms with van der Waals surface area (Å²) in [6.45, 7) is 5.24. The van der Waals surface area contributed by atoms with Gasteiger partial charge in [0.25, 0.3) is 0 Å². The van der Waals surface area contributed by atoms with Gasteiger partial charge in [0.2, 0.25) is 0 Å². The average molecular weight is 422 g/mol. The van der Waals surface area contributed by atoms with E-state index in [0.29, 0.717) is 13.2 Å². The quantitative estimate of drug-likeness (QED) is 0.648. The fourth-order valence-electron chi connectivity index (χ4n) is 3.84. The van der Waals surface area contributed by atoms with Crippen molar-refractivity contribution in [2.75, 3.05) is 44.3 Å². The molecule has 3 heterocycles. The molecular weight excluding hydrogens is 398 g/mol. The van der Waals surface area contributed by atoms with Crippen molar-refractivity contribution < 1.29 is 9.47 Å². The number of nitrogens with one attached hydrogen (secondary N) is 1. The van der Waals surface area contributed by atoms with Crippen molar-refractivity contribution in [3.05, 3.63) is 54.4 Å². The van der Waals surface area contributed by atoms with E-state index in [1.165, 1.54) is 5.56 Å². The van der Waals surface area contributed by atoms with Gasteiger partial charge in [-0.15, -0.1) is 0 Å². The minimum Gasteiger partial charge on any atom is -0.486 e. The predicted octanol–water partition coefficient (Wildman–Crippen LogP) is 2.60. The Bertz CT molecular complexity index is 1050. The zero-order valence-electron chi connectivity index (χ0n) is 16.6. The van der Waals surface area contributed by atoms with Crippen LogP contribution in [0.4, 0.5) is 5.82 Å². The Morgan fingerprint density at radius 1 is 0.967 bits per heavy atom. The molecule has 154 valence electrons. The molecule has 8 heteroatoms. The topological polar surface area (TPSA) is 62.8 Å². The highest BCUT2D eigenvalue weighted by atomic mass is 32.1. The van der Waals surface area contributed by atoms with Crippen LogP contribution in [0.2, 0.25) is 0 Å². The second-order valence-corrected chi connectivity index (χ2v) is 7.72. The number of aromatic nitrogens is 2. The van der Waals surface area contributed by atoms with Gasteiger partial charge in [-0.05, 0) is 23.8 Å². The van der Waals surface area contributed by atoms with E-state index in [-0.39, 0.29) is 0 Å². The predicted molar refractivity (Wildman–Crippen MR) is 120 cm³/mol. The van der Waals surface area contributed by atoms with Crippen LogP contribution in [0, 0.1) is 0 Å². The Labute approximate surface area is 180 Å². The SMILES string of the molecule is S=C(NCc1ccccc1)N1CCN(c2ncnc3cc4c(cc23)OCCO4)CC1. The van der Waals surface area contributed by atoms with Gasteiger partial charge in [-0.1, -0.05) is 30.3 Å². The first-order valence-corrected chi connectivity index (χ1v) is 10.5. The van der Waals surface area contributed by atoms with E-state index in [1.807, 2.05) is 30.3 Å². The average Bonchev–Trinajstić information content (AvgIpc) is 2.81. The third kappa shape index (κ3) is 3.82. The molecule has 2 aliphatic rings.